The molecular weight excluding hydrogens is 418 g/mol. The predicted molar refractivity (Wildman–Crippen MR) is 114 cm³/mol. The van der Waals surface area contributed by atoms with Crippen molar-refractivity contribution in [2.45, 2.75) is 13.0 Å². The molecule has 0 saturated heterocycles. The van der Waals surface area contributed by atoms with Gasteiger partial charge in [0.15, 0.2) is 18.2 Å². The molecule has 0 aliphatic heterocycles. The summed E-state index contributed by atoms with van der Waals surface area (Å²) >= 11 is 0. The molecule has 3 aromatic carbocycles. The number of amides is 2. The molecule has 6 nitrogen and oxygen atoms in total. The zero-order chi connectivity index (χ0) is 23.1. The molecule has 0 heterocycles. The molecule has 32 heavy (non-hydrogen) atoms. The first-order valence-corrected chi connectivity index (χ1v) is 9.72. The first-order valence-electron chi connectivity index (χ1n) is 9.72. The molecule has 3 rings (SSSR count). The van der Waals surface area contributed by atoms with E-state index in [2.05, 4.69) is 10.6 Å². The lowest BCUT2D eigenvalue weighted by Gasteiger charge is -2.16. The molecule has 0 fully saturated rings. The number of halogens is 2. The topological polar surface area (TPSA) is 84.5 Å². The van der Waals surface area contributed by atoms with E-state index < -0.39 is 36.0 Å². The number of ether oxygens (including phenoxy) is 1. The van der Waals surface area contributed by atoms with Crippen LogP contribution in [0.4, 0.5) is 14.5 Å². The third-order valence-corrected chi connectivity index (χ3v) is 4.58. The standard InChI is InChI=1S/C24H20F2N2O4/c1-15(16-7-3-2-4-8-16)27-23(30)18-9-5-6-10-21(18)28-22(29)14-32-24(31)17-11-12-19(25)20(26)13-17/h2-13,15H,14H2,1H3,(H,27,30)(H,28,29). The minimum atomic E-state index is -1.20. The molecule has 0 aliphatic rings. The van der Waals surface area contributed by atoms with Crippen molar-refractivity contribution >= 4 is 23.5 Å². The highest BCUT2D eigenvalue weighted by molar-refractivity contribution is 6.04. The van der Waals surface area contributed by atoms with Gasteiger partial charge in [-0.15, -0.1) is 0 Å². The van der Waals surface area contributed by atoms with Crippen molar-refractivity contribution in [1.82, 2.24) is 5.32 Å². The van der Waals surface area contributed by atoms with Gasteiger partial charge in [0, 0.05) is 0 Å². The van der Waals surface area contributed by atoms with Gasteiger partial charge in [-0.3, -0.25) is 9.59 Å². The van der Waals surface area contributed by atoms with Gasteiger partial charge in [-0.25, -0.2) is 13.6 Å². The van der Waals surface area contributed by atoms with Crippen molar-refractivity contribution in [2.24, 2.45) is 0 Å². The molecule has 0 aromatic heterocycles. The van der Waals surface area contributed by atoms with Crippen LogP contribution in [0.2, 0.25) is 0 Å². The molecule has 0 bridgehead atoms. The van der Waals surface area contributed by atoms with Crippen molar-refractivity contribution in [3.8, 4) is 0 Å². The number of carbonyl (C=O) groups excluding carboxylic acids is 3. The van der Waals surface area contributed by atoms with Crippen LogP contribution >= 0.6 is 0 Å². The van der Waals surface area contributed by atoms with Crippen LogP contribution in [0, 0.1) is 11.6 Å². The summed E-state index contributed by atoms with van der Waals surface area (Å²) in [6.45, 7) is 1.17. The number of hydrogen-bond acceptors (Lipinski definition) is 4. The summed E-state index contributed by atoms with van der Waals surface area (Å²) in [4.78, 5) is 36.9. The smallest absolute Gasteiger partial charge is 0.338 e. The maximum absolute atomic E-state index is 13.2. The second kappa shape index (κ2) is 10.3. The Kier molecular flexibility index (Phi) is 7.28. The maximum Gasteiger partial charge on any atom is 0.338 e. The van der Waals surface area contributed by atoms with E-state index in [1.807, 2.05) is 37.3 Å². The largest absolute Gasteiger partial charge is 0.452 e. The minimum Gasteiger partial charge on any atom is -0.452 e. The van der Waals surface area contributed by atoms with E-state index >= 15 is 0 Å². The molecule has 3 aromatic rings. The Balaban J connectivity index is 1.61. The Bertz CT molecular complexity index is 1140. The summed E-state index contributed by atoms with van der Waals surface area (Å²) in [5.74, 6) is -4.38. The number of anilines is 1. The highest BCUT2D eigenvalue weighted by atomic mass is 19.2. The fourth-order valence-electron chi connectivity index (χ4n) is 2.91. The number of esters is 1. The SMILES string of the molecule is CC(NC(=O)c1ccccc1NC(=O)COC(=O)c1ccc(F)c(F)c1)c1ccccc1. The molecule has 0 spiro atoms. The quantitative estimate of drug-likeness (QED) is 0.540. The lowest BCUT2D eigenvalue weighted by Crippen LogP contribution is -2.28. The zero-order valence-corrected chi connectivity index (χ0v) is 17.1. The number of carbonyl (C=O) groups is 3. The van der Waals surface area contributed by atoms with Gasteiger partial charge in [0.1, 0.15) is 0 Å². The third-order valence-electron chi connectivity index (χ3n) is 4.58. The molecule has 8 heteroatoms. The summed E-state index contributed by atoms with van der Waals surface area (Å²) in [6.07, 6.45) is 0. The van der Waals surface area contributed by atoms with E-state index in [0.29, 0.717) is 6.07 Å². The predicted octanol–water partition coefficient (Wildman–Crippen LogP) is 4.25. The van der Waals surface area contributed by atoms with E-state index in [1.165, 1.54) is 6.07 Å². The molecule has 1 unspecified atom stereocenters. The van der Waals surface area contributed by atoms with Gasteiger partial charge in [-0.2, -0.15) is 0 Å². The monoisotopic (exact) mass is 438 g/mol. The van der Waals surface area contributed by atoms with Crippen LogP contribution in [0.25, 0.3) is 0 Å². The molecular formula is C24H20F2N2O4. The van der Waals surface area contributed by atoms with Gasteiger partial charge in [-0.05, 0) is 42.8 Å². The van der Waals surface area contributed by atoms with Crippen molar-refractivity contribution in [3.63, 3.8) is 0 Å². The Morgan fingerprint density at radius 1 is 0.906 bits per heavy atom. The molecule has 164 valence electrons. The van der Waals surface area contributed by atoms with Crippen LogP contribution in [-0.4, -0.2) is 24.4 Å². The number of rotatable bonds is 7. The number of benzene rings is 3. The normalized spacial score (nSPS) is 11.3. The van der Waals surface area contributed by atoms with E-state index in [-0.39, 0.29) is 22.9 Å². The second-order valence-electron chi connectivity index (χ2n) is 6.90. The van der Waals surface area contributed by atoms with E-state index in [0.717, 1.165) is 17.7 Å². The average Bonchev–Trinajstić information content (AvgIpc) is 2.80. The van der Waals surface area contributed by atoms with E-state index in [4.69, 9.17) is 4.74 Å². The Hall–Kier alpha value is -4.07. The maximum atomic E-state index is 13.2. The van der Waals surface area contributed by atoms with Crippen molar-refractivity contribution < 1.29 is 27.9 Å². The number of nitrogens with one attached hydrogen (secondary N) is 2. The minimum absolute atomic E-state index is 0.230. The summed E-state index contributed by atoms with van der Waals surface area (Å²) in [5, 5.41) is 5.39. The van der Waals surface area contributed by atoms with E-state index in [9.17, 15) is 23.2 Å². The Labute approximate surface area is 183 Å². The Morgan fingerprint density at radius 3 is 2.31 bits per heavy atom. The lowest BCUT2D eigenvalue weighted by atomic mass is 10.1. The number of hydrogen-bond donors (Lipinski definition) is 2. The molecule has 0 aliphatic carbocycles. The van der Waals surface area contributed by atoms with Gasteiger partial charge < -0.3 is 15.4 Å². The molecule has 2 N–H and O–H groups in total. The van der Waals surface area contributed by atoms with Crippen LogP contribution in [0.5, 0.6) is 0 Å². The van der Waals surface area contributed by atoms with Crippen molar-refractivity contribution in [3.05, 3.63) is 101 Å². The zero-order valence-electron chi connectivity index (χ0n) is 17.1. The van der Waals surface area contributed by atoms with E-state index in [1.54, 1.807) is 18.2 Å². The average molecular weight is 438 g/mol. The second-order valence-corrected chi connectivity index (χ2v) is 6.90. The highest BCUT2D eigenvalue weighted by Crippen LogP contribution is 2.18. The summed E-state index contributed by atoms with van der Waals surface area (Å²) < 4.78 is 31.1. The van der Waals surface area contributed by atoms with Gasteiger partial charge >= 0.3 is 5.97 Å². The van der Waals surface area contributed by atoms with Gasteiger partial charge in [-0.1, -0.05) is 42.5 Å². The first kappa shape index (κ1) is 22.6. The molecule has 2 amide bonds. The van der Waals surface area contributed by atoms with Crippen LogP contribution in [0.1, 0.15) is 39.2 Å². The van der Waals surface area contributed by atoms with Crippen LogP contribution < -0.4 is 10.6 Å². The Morgan fingerprint density at radius 2 is 1.59 bits per heavy atom. The first-order chi connectivity index (χ1) is 15.3. The molecule has 0 radical (unpaired) electrons. The summed E-state index contributed by atoms with van der Waals surface area (Å²) in [6, 6.07) is 18.0. The highest BCUT2D eigenvalue weighted by Gasteiger charge is 2.17. The van der Waals surface area contributed by atoms with Gasteiger partial charge in [0.25, 0.3) is 11.8 Å². The van der Waals surface area contributed by atoms with Crippen LogP contribution in [0.15, 0.2) is 72.8 Å². The molecule has 0 saturated carbocycles. The van der Waals surface area contributed by atoms with Crippen LogP contribution in [-0.2, 0) is 9.53 Å². The van der Waals surface area contributed by atoms with Crippen LogP contribution in [0.3, 0.4) is 0 Å². The van der Waals surface area contributed by atoms with Crippen molar-refractivity contribution in [2.75, 3.05) is 11.9 Å². The fourth-order valence-corrected chi connectivity index (χ4v) is 2.91. The summed E-state index contributed by atoms with van der Waals surface area (Å²) in [7, 11) is 0. The van der Waals surface area contributed by atoms with Gasteiger partial charge in [0.2, 0.25) is 0 Å². The fraction of sp³-hybridized carbons (Fsp3) is 0.125. The third kappa shape index (κ3) is 5.75. The van der Waals surface area contributed by atoms with Crippen molar-refractivity contribution in [1.29, 1.82) is 0 Å². The summed E-state index contributed by atoms with van der Waals surface area (Å²) in [5.41, 5.74) is 1.16. The molecule has 1 atom stereocenters. The lowest BCUT2D eigenvalue weighted by molar-refractivity contribution is -0.119. The number of para-hydroxylation sites is 1. The van der Waals surface area contributed by atoms with Gasteiger partial charge in [0.05, 0.1) is 22.9 Å².